The maximum Gasteiger partial charge on any atom is 0.240 e. The summed E-state index contributed by atoms with van der Waals surface area (Å²) in [6.45, 7) is 0. The quantitative estimate of drug-likeness (QED) is 0.467. The van der Waals surface area contributed by atoms with Crippen LogP contribution in [0.15, 0.2) is 27.7 Å². The Hall–Kier alpha value is -0.440. The molecule has 0 fully saturated rings. The van der Waals surface area contributed by atoms with Gasteiger partial charge >= 0.3 is 0 Å². The van der Waals surface area contributed by atoms with Crippen molar-refractivity contribution in [3.05, 3.63) is 28.2 Å². The number of aliphatic imine (C=N–C) groups is 1. The maximum absolute atomic E-state index is 9.96. The number of benzene rings is 1. The largest absolute Gasteiger partial charge is 0.240 e. The third-order valence-corrected chi connectivity index (χ3v) is 2.62. The normalized spacial score (nSPS) is 9.17. The smallest absolute Gasteiger partial charge is 0.211 e. The van der Waals surface area contributed by atoms with Crippen LogP contribution < -0.4 is 0 Å². The molecule has 0 spiro atoms. The van der Waals surface area contributed by atoms with E-state index in [0.29, 0.717) is 5.69 Å². The number of hydrogen-bond donors (Lipinski definition) is 0. The molecule has 62 valence electrons. The maximum atomic E-state index is 9.96. The highest BCUT2D eigenvalue weighted by atomic mass is 79.9. The van der Waals surface area contributed by atoms with Crippen LogP contribution in [0, 0.1) is 0 Å². The number of nitrogens with zero attached hydrogens (tertiary/aromatic N) is 1. The fourth-order valence-corrected chi connectivity index (χ4v) is 1.64. The van der Waals surface area contributed by atoms with E-state index in [-0.39, 0.29) is 0 Å². The van der Waals surface area contributed by atoms with E-state index in [2.05, 4.69) is 36.9 Å². The molecule has 0 saturated heterocycles. The van der Waals surface area contributed by atoms with Gasteiger partial charge in [-0.1, -0.05) is 22.0 Å². The first-order valence-corrected chi connectivity index (χ1v) is 5.11. The molecule has 0 aliphatic carbocycles. The highest BCUT2D eigenvalue weighted by Crippen LogP contribution is 2.26. The fourth-order valence-electron chi connectivity index (χ4n) is 0.773. The topological polar surface area (TPSA) is 29.4 Å². The molecule has 0 bridgehead atoms. The number of alkyl halides is 1. The first-order chi connectivity index (χ1) is 5.77. The van der Waals surface area contributed by atoms with E-state index in [0.717, 1.165) is 15.4 Å². The first-order valence-electron chi connectivity index (χ1n) is 3.20. The molecule has 0 heterocycles. The first kappa shape index (κ1) is 9.65. The fraction of sp³-hybridized carbons (Fsp3) is 0.125. The monoisotopic (exact) mass is 289 g/mol. The third-order valence-electron chi connectivity index (χ3n) is 1.33. The van der Waals surface area contributed by atoms with Crippen molar-refractivity contribution in [2.24, 2.45) is 4.99 Å². The van der Waals surface area contributed by atoms with Crippen LogP contribution in [0.25, 0.3) is 0 Å². The predicted octanol–water partition coefficient (Wildman–Crippen LogP) is 3.31. The minimum Gasteiger partial charge on any atom is -0.211 e. The average molecular weight is 291 g/mol. The van der Waals surface area contributed by atoms with E-state index in [4.69, 9.17) is 0 Å². The standard InChI is InChI=1S/C8H5Br2NO/c9-4-6-1-2-8(11-5-12)7(10)3-6/h1-3H,4H2. The molecule has 0 saturated carbocycles. The second-order valence-corrected chi connectivity index (χ2v) is 3.54. The van der Waals surface area contributed by atoms with Gasteiger partial charge in [-0.2, -0.15) is 4.99 Å². The molecule has 12 heavy (non-hydrogen) atoms. The minimum atomic E-state index is 0.606. The van der Waals surface area contributed by atoms with E-state index in [1.54, 1.807) is 6.07 Å². The van der Waals surface area contributed by atoms with Gasteiger partial charge in [0.15, 0.2) is 0 Å². The minimum absolute atomic E-state index is 0.606. The molecule has 0 atom stereocenters. The average Bonchev–Trinajstić information content (AvgIpc) is 2.09. The van der Waals surface area contributed by atoms with Crippen molar-refractivity contribution in [2.75, 3.05) is 0 Å². The van der Waals surface area contributed by atoms with Crippen molar-refractivity contribution >= 4 is 43.6 Å². The molecule has 1 aromatic rings. The van der Waals surface area contributed by atoms with E-state index in [9.17, 15) is 4.79 Å². The van der Waals surface area contributed by atoms with E-state index < -0.39 is 0 Å². The summed E-state index contributed by atoms with van der Waals surface area (Å²) in [5, 5.41) is 0.788. The van der Waals surface area contributed by atoms with Crippen LogP contribution in [0.4, 0.5) is 5.69 Å². The lowest BCUT2D eigenvalue weighted by molar-refractivity contribution is 0.565. The molecule has 0 aromatic heterocycles. The van der Waals surface area contributed by atoms with Gasteiger partial charge in [-0.25, -0.2) is 4.79 Å². The SMILES string of the molecule is O=C=Nc1ccc(CBr)cc1Br. The summed E-state index contributed by atoms with van der Waals surface area (Å²) in [6.07, 6.45) is 1.50. The molecule has 0 radical (unpaired) electrons. The van der Waals surface area contributed by atoms with Crippen molar-refractivity contribution in [2.45, 2.75) is 5.33 Å². The Morgan fingerprint density at radius 3 is 2.75 bits per heavy atom. The van der Waals surface area contributed by atoms with Crippen LogP contribution in [0.2, 0.25) is 0 Å². The lowest BCUT2D eigenvalue weighted by Crippen LogP contribution is -1.76. The Morgan fingerprint density at radius 2 is 2.25 bits per heavy atom. The molecule has 1 aromatic carbocycles. The molecule has 1 rings (SSSR count). The number of carbonyl (C=O) groups excluding carboxylic acids is 1. The lowest BCUT2D eigenvalue weighted by Gasteiger charge is -1.98. The van der Waals surface area contributed by atoms with Gasteiger partial charge in [0.25, 0.3) is 0 Å². The van der Waals surface area contributed by atoms with Gasteiger partial charge in [0, 0.05) is 9.80 Å². The molecular weight excluding hydrogens is 286 g/mol. The van der Waals surface area contributed by atoms with Crippen LogP contribution in [0.1, 0.15) is 5.56 Å². The van der Waals surface area contributed by atoms with Crippen LogP contribution >= 0.6 is 31.9 Å². The highest BCUT2D eigenvalue weighted by Gasteiger charge is 1.98. The highest BCUT2D eigenvalue weighted by molar-refractivity contribution is 9.10. The summed E-state index contributed by atoms with van der Waals surface area (Å²) >= 11 is 6.62. The Balaban J connectivity index is 3.11. The van der Waals surface area contributed by atoms with Gasteiger partial charge < -0.3 is 0 Å². The van der Waals surface area contributed by atoms with Crippen molar-refractivity contribution in [3.8, 4) is 0 Å². The number of rotatable bonds is 2. The second-order valence-electron chi connectivity index (χ2n) is 2.12. The zero-order chi connectivity index (χ0) is 8.97. The van der Waals surface area contributed by atoms with Crippen LogP contribution in [-0.2, 0) is 10.1 Å². The van der Waals surface area contributed by atoms with Gasteiger partial charge in [0.1, 0.15) is 0 Å². The van der Waals surface area contributed by atoms with E-state index in [1.165, 1.54) is 6.08 Å². The van der Waals surface area contributed by atoms with E-state index in [1.807, 2.05) is 12.1 Å². The van der Waals surface area contributed by atoms with Crippen LogP contribution in [-0.4, -0.2) is 6.08 Å². The Kier molecular flexibility index (Phi) is 3.66. The van der Waals surface area contributed by atoms with E-state index >= 15 is 0 Å². The molecule has 0 N–H and O–H groups in total. The van der Waals surface area contributed by atoms with Gasteiger partial charge in [-0.3, -0.25) is 0 Å². The van der Waals surface area contributed by atoms with Crippen molar-refractivity contribution in [1.29, 1.82) is 0 Å². The molecule has 2 nitrogen and oxygen atoms in total. The van der Waals surface area contributed by atoms with Crippen molar-refractivity contribution < 1.29 is 4.79 Å². The van der Waals surface area contributed by atoms with Crippen LogP contribution in [0.3, 0.4) is 0 Å². The summed E-state index contributed by atoms with van der Waals surface area (Å²) in [6, 6.07) is 5.58. The summed E-state index contributed by atoms with van der Waals surface area (Å²) in [5.74, 6) is 0. The second kappa shape index (κ2) is 4.55. The lowest BCUT2D eigenvalue weighted by atomic mass is 10.2. The van der Waals surface area contributed by atoms with Gasteiger partial charge in [-0.15, -0.1) is 0 Å². The molecule has 0 aliphatic heterocycles. The van der Waals surface area contributed by atoms with Crippen molar-refractivity contribution in [1.82, 2.24) is 0 Å². The van der Waals surface area contributed by atoms with Crippen LogP contribution in [0.5, 0.6) is 0 Å². The molecular formula is C8H5Br2NO. The zero-order valence-electron chi connectivity index (χ0n) is 6.05. The van der Waals surface area contributed by atoms with Crippen molar-refractivity contribution in [3.63, 3.8) is 0 Å². The summed E-state index contributed by atoms with van der Waals surface area (Å²) in [7, 11) is 0. The Labute approximate surface area is 87.0 Å². The summed E-state index contributed by atoms with van der Waals surface area (Å²) in [4.78, 5) is 13.5. The Bertz CT molecular complexity index is 332. The third kappa shape index (κ3) is 2.27. The molecule has 0 aliphatic rings. The number of isocyanates is 1. The zero-order valence-corrected chi connectivity index (χ0v) is 9.22. The van der Waals surface area contributed by atoms with Gasteiger partial charge in [0.05, 0.1) is 5.69 Å². The number of hydrogen-bond acceptors (Lipinski definition) is 2. The predicted molar refractivity (Wildman–Crippen MR) is 54.6 cm³/mol. The molecule has 0 amide bonds. The molecule has 4 heteroatoms. The molecule has 0 unspecified atom stereocenters. The summed E-state index contributed by atoms with van der Waals surface area (Å²) < 4.78 is 0.808. The Morgan fingerprint density at radius 1 is 1.50 bits per heavy atom. The number of halogens is 2. The van der Waals surface area contributed by atoms with Gasteiger partial charge in [0.2, 0.25) is 6.08 Å². The van der Waals surface area contributed by atoms with Gasteiger partial charge in [-0.05, 0) is 33.6 Å². The summed E-state index contributed by atoms with van der Waals surface area (Å²) in [5.41, 5.74) is 1.74.